The molecular weight excluding hydrogens is 265 g/mol. The number of quaternary nitrogens is 1. The molecule has 0 atom stereocenters. The van der Waals surface area contributed by atoms with E-state index in [-0.39, 0.29) is 5.82 Å². The van der Waals surface area contributed by atoms with Gasteiger partial charge in [0.15, 0.2) is 5.76 Å². The van der Waals surface area contributed by atoms with Crippen LogP contribution in [0.25, 0.3) is 11.3 Å². The van der Waals surface area contributed by atoms with E-state index in [4.69, 9.17) is 4.42 Å². The van der Waals surface area contributed by atoms with Gasteiger partial charge in [0.25, 0.3) is 0 Å². The van der Waals surface area contributed by atoms with Crippen LogP contribution < -0.4 is 5.32 Å². The first-order valence-electron chi connectivity index (χ1n) is 7.01. The summed E-state index contributed by atoms with van der Waals surface area (Å²) >= 11 is 0. The van der Waals surface area contributed by atoms with Crippen LogP contribution in [-0.4, -0.2) is 0 Å². The van der Waals surface area contributed by atoms with Crippen LogP contribution in [0, 0.1) is 5.82 Å². The molecule has 0 saturated heterocycles. The SMILES string of the molecule is Fc1ccc(C[NH2+]Cc2ccc(-c3ccccc3)o2)cc1. The Bertz CT molecular complexity index is 689. The van der Waals surface area contributed by atoms with Gasteiger partial charge >= 0.3 is 0 Å². The topological polar surface area (TPSA) is 29.8 Å². The van der Waals surface area contributed by atoms with E-state index in [1.165, 1.54) is 12.1 Å². The van der Waals surface area contributed by atoms with Gasteiger partial charge in [0.1, 0.15) is 24.7 Å². The number of nitrogens with two attached hydrogens (primary N) is 1. The fourth-order valence-electron chi connectivity index (χ4n) is 2.25. The minimum absolute atomic E-state index is 0.197. The zero-order chi connectivity index (χ0) is 14.5. The van der Waals surface area contributed by atoms with Crippen LogP contribution in [0.5, 0.6) is 0 Å². The molecule has 21 heavy (non-hydrogen) atoms. The highest BCUT2D eigenvalue weighted by Crippen LogP contribution is 2.21. The van der Waals surface area contributed by atoms with Gasteiger partial charge < -0.3 is 9.73 Å². The molecule has 2 nitrogen and oxygen atoms in total. The number of benzene rings is 2. The van der Waals surface area contributed by atoms with Gasteiger partial charge in [-0.25, -0.2) is 4.39 Å². The second-order valence-corrected chi connectivity index (χ2v) is 4.96. The fraction of sp³-hybridized carbons (Fsp3) is 0.111. The van der Waals surface area contributed by atoms with Gasteiger partial charge in [-0.15, -0.1) is 0 Å². The average Bonchev–Trinajstić information content (AvgIpc) is 2.99. The summed E-state index contributed by atoms with van der Waals surface area (Å²) in [4.78, 5) is 0. The van der Waals surface area contributed by atoms with Crippen LogP contribution in [0.15, 0.2) is 71.1 Å². The van der Waals surface area contributed by atoms with Crippen LogP contribution in [0.4, 0.5) is 4.39 Å². The molecule has 106 valence electrons. The second-order valence-electron chi connectivity index (χ2n) is 4.96. The van der Waals surface area contributed by atoms with E-state index in [1.54, 1.807) is 0 Å². The van der Waals surface area contributed by atoms with E-state index in [2.05, 4.69) is 5.32 Å². The molecule has 0 aliphatic carbocycles. The molecule has 0 saturated carbocycles. The summed E-state index contributed by atoms with van der Waals surface area (Å²) in [6.45, 7) is 1.58. The van der Waals surface area contributed by atoms with Crippen molar-refractivity contribution in [3.63, 3.8) is 0 Å². The lowest BCUT2D eigenvalue weighted by atomic mass is 10.2. The third-order valence-corrected chi connectivity index (χ3v) is 3.36. The summed E-state index contributed by atoms with van der Waals surface area (Å²) < 4.78 is 18.6. The molecule has 0 spiro atoms. The molecule has 1 heterocycles. The average molecular weight is 282 g/mol. The number of hydrogen-bond acceptors (Lipinski definition) is 1. The third kappa shape index (κ3) is 3.58. The predicted octanol–water partition coefficient (Wildman–Crippen LogP) is 3.35. The van der Waals surface area contributed by atoms with Gasteiger partial charge in [-0.3, -0.25) is 0 Å². The van der Waals surface area contributed by atoms with Crippen molar-refractivity contribution >= 4 is 0 Å². The summed E-state index contributed by atoms with van der Waals surface area (Å²) in [5, 5.41) is 2.14. The standard InChI is InChI=1S/C18H16FNO/c19-16-8-6-14(7-9-16)12-20-13-17-10-11-18(21-17)15-4-2-1-3-5-15/h1-11,20H,12-13H2/p+1. The molecule has 1 aromatic heterocycles. The summed E-state index contributed by atoms with van der Waals surface area (Å²) in [6, 6.07) is 20.6. The van der Waals surface area contributed by atoms with Gasteiger partial charge in [-0.1, -0.05) is 42.5 Å². The zero-order valence-electron chi connectivity index (χ0n) is 11.6. The van der Waals surface area contributed by atoms with E-state index < -0.39 is 0 Å². The Balaban J connectivity index is 1.57. The van der Waals surface area contributed by atoms with Crippen LogP contribution in [0.3, 0.4) is 0 Å². The summed E-state index contributed by atoms with van der Waals surface area (Å²) in [5.41, 5.74) is 2.19. The first kappa shape index (κ1) is 13.6. The summed E-state index contributed by atoms with van der Waals surface area (Å²) in [7, 11) is 0. The smallest absolute Gasteiger partial charge is 0.158 e. The van der Waals surface area contributed by atoms with E-state index in [0.717, 1.165) is 35.7 Å². The number of hydrogen-bond donors (Lipinski definition) is 1. The summed E-state index contributed by atoms with van der Waals surface area (Å²) in [6.07, 6.45) is 0. The Morgan fingerprint density at radius 3 is 2.33 bits per heavy atom. The quantitative estimate of drug-likeness (QED) is 0.764. The minimum Gasteiger partial charge on any atom is -0.455 e. The molecular formula is C18H17FNO+. The molecule has 2 N–H and O–H groups in total. The van der Waals surface area contributed by atoms with Crippen molar-refractivity contribution in [1.29, 1.82) is 0 Å². The highest BCUT2D eigenvalue weighted by molar-refractivity contribution is 5.57. The van der Waals surface area contributed by atoms with Gasteiger partial charge in [0.2, 0.25) is 0 Å². The lowest BCUT2D eigenvalue weighted by Gasteiger charge is -2.00. The highest BCUT2D eigenvalue weighted by Gasteiger charge is 2.05. The van der Waals surface area contributed by atoms with Crippen molar-refractivity contribution in [2.45, 2.75) is 13.1 Å². The maximum absolute atomic E-state index is 12.8. The third-order valence-electron chi connectivity index (χ3n) is 3.36. The van der Waals surface area contributed by atoms with Crippen molar-refractivity contribution in [1.82, 2.24) is 0 Å². The molecule has 0 aliphatic heterocycles. The molecule has 0 fully saturated rings. The van der Waals surface area contributed by atoms with E-state index >= 15 is 0 Å². The molecule has 0 radical (unpaired) electrons. The van der Waals surface area contributed by atoms with Crippen molar-refractivity contribution in [2.24, 2.45) is 0 Å². The van der Waals surface area contributed by atoms with Crippen LogP contribution >= 0.6 is 0 Å². The van der Waals surface area contributed by atoms with Gasteiger partial charge in [-0.2, -0.15) is 0 Å². The largest absolute Gasteiger partial charge is 0.455 e. The maximum Gasteiger partial charge on any atom is 0.158 e. The first-order valence-corrected chi connectivity index (χ1v) is 7.01. The van der Waals surface area contributed by atoms with Crippen molar-refractivity contribution in [3.8, 4) is 11.3 Å². The molecule has 3 aromatic rings. The molecule has 3 rings (SSSR count). The van der Waals surface area contributed by atoms with Crippen LogP contribution in [-0.2, 0) is 13.1 Å². The minimum atomic E-state index is -0.197. The normalized spacial score (nSPS) is 10.7. The van der Waals surface area contributed by atoms with Gasteiger partial charge in [-0.05, 0) is 24.3 Å². The van der Waals surface area contributed by atoms with Gasteiger partial charge in [0.05, 0.1) is 0 Å². The number of furan rings is 1. The predicted molar refractivity (Wildman–Crippen MR) is 79.9 cm³/mol. The molecule has 0 bridgehead atoms. The lowest BCUT2D eigenvalue weighted by Crippen LogP contribution is -2.80. The van der Waals surface area contributed by atoms with E-state index in [0.29, 0.717) is 0 Å². The first-order chi connectivity index (χ1) is 10.3. The molecule has 0 unspecified atom stereocenters. The maximum atomic E-state index is 12.8. The second kappa shape index (κ2) is 6.37. The molecule has 0 amide bonds. The van der Waals surface area contributed by atoms with E-state index in [1.807, 2.05) is 54.6 Å². The van der Waals surface area contributed by atoms with Crippen molar-refractivity contribution in [2.75, 3.05) is 0 Å². The Kier molecular flexibility index (Phi) is 4.12. The van der Waals surface area contributed by atoms with Gasteiger partial charge in [0, 0.05) is 11.1 Å². The van der Waals surface area contributed by atoms with Crippen LogP contribution in [0.2, 0.25) is 0 Å². The highest BCUT2D eigenvalue weighted by atomic mass is 19.1. The monoisotopic (exact) mass is 282 g/mol. The molecule has 0 aliphatic rings. The number of halogens is 1. The number of rotatable bonds is 5. The Hall–Kier alpha value is -2.39. The molecule has 3 heteroatoms. The Morgan fingerprint density at radius 2 is 1.57 bits per heavy atom. The van der Waals surface area contributed by atoms with Crippen molar-refractivity contribution < 1.29 is 14.1 Å². The summed E-state index contributed by atoms with van der Waals surface area (Å²) in [5.74, 6) is 1.63. The fourth-order valence-corrected chi connectivity index (χ4v) is 2.25. The Morgan fingerprint density at radius 1 is 0.810 bits per heavy atom. The lowest BCUT2D eigenvalue weighted by molar-refractivity contribution is -0.687. The van der Waals surface area contributed by atoms with Crippen molar-refractivity contribution in [3.05, 3.63) is 83.9 Å². The Labute approximate surface area is 123 Å². The van der Waals surface area contributed by atoms with Crippen LogP contribution in [0.1, 0.15) is 11.3 Å². The van der Waals surface area contributed by atoms with E-state index in [9.17, 15) is 4.39 Å². The zero-order valence-corrected chi connectivity index (χ0v) is 11.6. The molecule has 2 aromatic carbocycles.